The number of rotatable bonds is 3. The molecule has 100 valence electrons. The Balaban J connectivity index is 2.13. The second kappa shape index (κ2) is 5.91. The van der Waals surface area contributed by atoms with Crippen molar-refractivity contribution in [3.63, 3.8) is 0 Å². The molecule has 2 atom stereocenters. The number of nitrogens with two attached hydrogens (primary N) is 2. The van der Waals surface area contributed by atoms with Crippen LogP contribution in [0.5, 0.6) is 0 Å². The molecular weight excluding hydrogens is 248 g/mol. The number of halogens is 1. The number of aliphatic hydroxyl groups excluding tert-OH is 1. The van der Waals surface area contributed by atoms with E-state index in [1.807, 2.05) is 0 Å². The third-order valence-corrected chi connectivity index (χ3v) is 4.14. The summed E-state index contributed by atoms with van der Waals surface area (Å²) in [5, 5.41) is 11.0. The minimum Gasteiger partial charge on any atom is -0.398 e. The van der Waals surface area contributed by atoms with Gasteiger partial charge in [0.15, 0.2) is 0 Å². The van der Waals surface area contributed by atoms with Crippen molar-refractivity contribution in [2.45, 2.75) is 44.2 Å². The lowest BCUT2D eigenvalue weighted by atomic mass is 9.81. The highest BCUT2D eigenvalue weighted by Crippen LogP contribution is 2.33. The van der Waals surface area contributed by atoms with E-state index in [9.17, 15) is 5.11 Å². The number of nitrogen functional groups attached to an aromatic ring is 1. The Bertz CT molecular complexity index is 405. The predicted molar refractivity (Wildman–Crippen MR) is 75.4 cm³/mol. The molecule has 18 heavy (non-hydrogen) atoms. The van der Waals surface area contributed by atoms with Crippen molar-refractivity contribution in [2.24, 2.45) is 11.7 Å². The van der Waals surface area contributed by atoms with E-state index in [-0.39, 0.29) is 5.92 Å². The van der Waals surface area contributed by atoms with E-state index in [0.29, 0.717) is 10.7 Å². The summed E-state index contributed by atoms with van der Waals surface area (Å²) in [6, 6.07) is 4.78. The van der Waals surface area contributed by atoms with Crippen molar-refractivity contribution in [1.82, 2.24) is 0 Å². The van der Waals surface area contributed by atoms with Crippen molar-refractivity contribution >= 4 is 17.3 Å². The number of benzene rings is 1. The highest BCUT2D eigenvalue weighted by atomic mass is 35.5. The van der Waals surface area contributed by atoms with Gasteiger partial charge >= 0.3 is 0 Å². The summed E-state index contributed by atoms with van der Waals surface area (Å²) < 4.78 is 0. The Labute approximate surface area is 113 Å². The molecule has 0 unspecified atom stereocenters. The van der Waals surface area contributed by atoms with Crippen LogP contribution in [0, 0.1) is 5.92 Å². The van der Waals surface area contributed by atoms with Crippen LogP contribution in [0.1, 0.15) is 43.7 Å². The first kappa shape index (κ1) is 13.7. The largest absolute Gasteiger partial charge is 0.398 e. The van der Waals surface area contributed by atoms with Gasteiger partial charge < -0.3 is 16.6 Å². The van der Waals surface area contributed by atoms with E-state index in [1.165, 1.54) is 19.3 Å². The molecular formula is C14H21ClN2O. The molecule has 0 aromatic heterocycles. The van der Waals surface area contributed by atoms with Gasteiger partial charge in [0.05, 0.1) is 12.1 Å². The lowest BCUT2D eigenvalue weighted by molar-refractivity contribution is 0.0620. The first-order valence-corrected chi connectivity index (χ1v) is 6.96. The summed E-state index contributed by atoms with van der Waals surface area (Å²) in [7, 11) is 0. The molecule has 1 aliphatic rings. The number of hydrogen-bond donors (Lipinski definition) is 3. The average Bonchev–Trinajstić information content (AvgIpc) is 2.41. The van der Waals surface area contributed by atoms with Crippen molar-refractivity contribution in [3.05, 3.63) is 28.8 Å². The van der Waals surface area contributed by atoms with Gasteiger partial charge in [-0.25, -0.2) is 0 Å². The molecule has 1 aliphatic carbocycles. The first-order chi connectivity index (χ1) is 8.59. The maximum absolute atomic E-state index is 10.4. The molecule has 1 aromatic carbocycles. The summed E-state index contributed by atoms with van der Waals surface area (Å²) in [5.41, 5.74) is 13.4. The number of aliphatic hydroxyl groups is 1. The van der Waals surface area contributed by atoms with Crippen molar-refractivity contribution in [2.75, 3.05) is 5.73 Å². The zero-order valence-electron chi connectivity index (χ0n) is 10.5. The van der Waals surface area contributed by atoms with Crippen LogP contribution in [0.15, 0.2) is 18.2 Å². The Morgan fingerprint density at radius 3 is 2.56 bits per heavy atom. The zero-order chi connectivity index (χ0) is 13.1. The van der Waals surface area contributed by atoms with Gasteiger partial charge in [0.1, 0.15) is 0 Å². The Kier molecular flexibility index (Phi) is 4.49. The normalized spacial score (nSPS) is 20.6. The minimum absolute atomic E-state index is 0.284. The van der Waals surface area contributed by atoms with Gasteiger partial charge in [-0.05, 0) is 42.5 Å². The monoisotopic (exact) mass is 268 g/mol. The SMILES string of the molecule is Nc1ccc(Cl)cc1[C@@H](N)[C@@H](O)C1CCCCC1. The second-order valence-electron chi connectivity index (χ2n) is 5.19. The molecule has 1 saturated carbocycles. The first-order valence-electron chi connectivity index (χ1n) is 6.58. The van der Waals surface area contributed by atoms with E-state index < -0.39 is 12.1 Å². The highest BCUT2D eigenvalue weighted by molar-refractivity contribution is 6.30. The van der Waals surface area contributed by atoms with E-state index in [4.69, 9.17) is 23.1 Å². The van der Waals surface area contributed by atoms with E-state index in [1.54, 1.807) is 18.2 Å². The maximum atomic E-state index is 10.4. The fourth-order valence-corrected chi connectivity index (χ4v) is 2.97. The molecule has 0 saturated heterocycles. The van der Waals surface area contributed by atoms with Gasteiger partial charge in [-0.15, -0.1) is 0 Å². The molecule has 0 amide bonds. The Morgan fingerprint density at radius 2 is 1.89 bits per heavy atom. The quantitative estimate of drug-likeness (QED) is 0.738. The topological polar surface area (TPSA) is 72.3 Å². The molecule has 0 bridgehead atoms. The zero-order valence-corrected chi connectivity index (χ0v) is 11.2. The summed E-state index contributed by atoms with van der Waals surface area (Å²) in [6.45, 7) is 0. The van der Waals surface area contributed by atoms with Gasteiger partial charge in [0, 0.05) is 10.7 Å². The van der Waals surface area contributed by atoms with Crippen LogP contribution in [-0.4, -0.2) is 11.2 Å². The lowest BCUT2D eigenvalue weighted by Gasteiger charge is -2.31. The molecule has 0 radical (unpaired) electrons. The highest BCUT2D eigenvalue weighted by Gasteiger charge is 2.28. The van der Waals surface area contributed by atoms with Crippen LogP contribution in [-0.2, 0) is 0 Å². The molecule has 0 heterocycles. The van der Waals surface area contributed by atoms with Gasteiger partial charge in [-0.1, -0.05) is 30.9 Å². The smallest absolute Gasteiger partial charge is 0.0761 e. The molecule has 5 N–H and O–H groups in total. The molecule has 0 spiro atoms. The average molecular weight is 269 g/mol. The Hall–Kier alpha value is -0.770. The standard InChI is InChI=1S/C14H21ClN2O/c15-10-6-7-12(16)11(8-10)13(17)14(18)9-4-2-1-3-5-9/h6-9,13-14,18H,1-5,16-17H2/t13-,14+/m1/s1. The van der Waals surface area contributed by atoms with Crippen LogP contribution in [0.2, 0.25) is 5.02 Å². The van der Waals surface area contributed by atoms with E-state index in [2.05, 4.69) is 0 Å². The van der Waals surface area contributed by atoms with Gasteiger partial charge in [-0.3, -0.25) is 0 Å². The van der Waals surface area contributed by atoms with Gasteiger partial charge in [-0.2, -0.15) is 0 Å². The predicted octanol–water partition coefficient (Wildman–Crippen LogP) is 2.86. The van der Waals surface area contributed by atoms with Crippen LogP contribution in [0.3, 0.4) is 0 Å². The molecule has 2 rings (SSSR count). The fourth-order valence-electron chi connectivity index (χ4n) is 2.79. The summed E-state index contributed by atoms with van der Waals surface area (Å²) >= 11 is 5.96. The number of hydrogen-bond acceptors (Lipinski definition) is 3. The molecule has 1 aromatic rings. The molecule has 4 heteroatoms. The maximum Gasteiger partial charge on any atom is 0.0761 e. The van der Waals surface area contributed by atoms with Gasteiger partial charge in [0.25, 0.3) is 0 Å². The van der Waals surface area contributed by atoms with Crippen LogP contribution >= 0.6 is 11.6 Å². The third-order valence-electron chi connectivity index (χ3n) is 3.91. The van der Waals surface area contributed by atoms with Crippen LogP contribution < -0.4 is 11.5 Å². The van der Waals surface area contributed by atoms with Crippen LogP contribution in [0.25, 0.3) is 0 Å². The van der Waals surface area contributed by atoms with Crippen molar-refractivity contribution in [1.29, 1.82) is 0 Å². The second-order valence-corrected chi connectivity index (χ2v) is 5.62. The molecule has 3 nitrogen and oxygen atoms in total. The Morgan fingerprint density at radius 1 is 1.22 bits per heavy atom. The molecule has 0 aliphatic heterocycles. The van der Waals surface area contributed by atoms with Crippen LogP contribution in [0.4, 0.5) is 5.69 Å². The fraction of sp³-hybridized carbons (Fsp3) is 0.571. The van der Waals surface area contributed by atoms with Crippen molar-refractivity contribution < 1.29 is 5.11 Å². The number of anilines is 1. The summed E-state index contributed by atoms with van der Waals surface area (Å²) in [4.78, 5) is 0. The molecule has 1 fully saturated rings. The lowest BCUT2D eigenvalue weighted by Crippen LogP contribution is -2.34. The van der Waals surface area contributed by atoms with Crippen molar-refractivity contribution in [3.8, 4) is 0 Å². The minimum atomic E-state index is -0.536. The summed E-state index contributed by atoms with van der Waals surface area (Å²) in [5.74, 6) is 0.284. The summed E-state index contributed by atoms with van der Waals surface area (Å²) in [6.07, 6.45) is 5.19. The van der Waals surface area contributed by atoms with E-state index in [0.717, 1.165) is 18.4 Å². The van der Waals surface area contributed by atoms with Gasteiger partial charge in [0.2, 0.25) is 0 Å². The van der Waals surface area contributed by atoms with E-state index >= 15 is 0 Å². The third kappa shape index (κ3) is 2.97.